The van der Waals surface area contributed by atoms with Gasteiger partial charge >= 0.3 is 0 Å². The topological polar surface area (TPSA) is 47.0 Å². The maximum Gasteiger partial charge on any atom is 0.226 e. The van der Waals surface area contributed by atoms with E-state index in [2.05, 4.69) is 21.4 Å². The summed E-state index contributed by atoms with van der Waals surface area (Å²) in [5.41, 5.74) is 3.12. The summed E-state index contributed by atoms with van der Waals surface area (Å²) < 4.78 is 5.62. The predicted molar refractivity (Wildman–Crippen MR) is 85.9 cm³/mol. The molecule has 0 aliphatic rings. The lowest BCUT2D eigenvalue weighted by Gasteiger charge is -2.11. The van der Waals surface area contributed by atoms with Crippen LogP contribution in [0.4, 0.5) is 5.95 Å². The number of hydrogen-bond donors (Lipinski definition) is 1. The van der Waals surface area contributed by atoms with Gasteiger partial charge in [-0.1, -0.05) is 24.3 Å². The zero-order valence-electron chi connectivity index (χ0n) is 12.6. The first-order chi connectivity index (χ1) is 10.1. The van der Waals surface area contributed by atoms with E-state index in [0.29, 0.717) is 24.3 Å². The highest BCUT2D eigenvalue weighted by molar-refractivity contribution is 6.17. The molecule has 2 rings (SSSR count). The van der Waals surface area contributed by atoms with E-state index in [9.17, 15) is 0 Å². The molecule has 0 saturated carbocycles. The second-order valence-electron chi connectivity index (χ2n) is 5.14. The van der Waals surface area contributed by atoms with Gasteiger partial charge in [0.15, 0.2) is 0 Å². The Morgan fingerprint density at radius 1 is 1.19 bits per heavy atom. The maximum atomic E-state index is 5.84. The van der Waals surface area contributed by atoms with Gasteiger partial charge in [0.05, 0.1) is 6.10 Å². The number of ether oxygens (including phenoxy) is 1. The minimum absolute atomic E-state index is 0.0903. The fourth-order valence-corrected chi connectivity index (χ4v) is 2.09. The van der Waals surface area contributed by atoms with Crippen LogP contribution in [0.15, 0.2) is 30.3 Å². The largest absolute Gasteiger partial charge is 0.475 e. The van der Waals surface area contributed by atoms with Crippen molar-refractivity contribution in [3.8, 4) is 5.88 Å². The normalized spacial score (nSPS) is 10.7. The number of benzene rings is 1. The number of nitrogens with zero attached hydrogens (tertiary/aromatic N) is 2. The summed E-state index contributed by atoms with van der Waals surface area (Å²) in [4.78, 5) is 8.73. The third kappa shape index (κ3) is 4.90. The molecule has 112 valence electrons. The Bertz CT molecular complexity index is 602. The lowest BCUT2D eigenvalue weighted by Crippen LogP contribution is -2.10. The number of nitrogens with one attached hydrogen (secondary N) is 1. The van der Waals surface area contributed by atoms with E-state index in [0.717, 1.165) is 16.8 Å². The first-order valence-corrected chi connectivity index (χ1v) is 7.50. The third-order valence-electron chi connectivity index (χ3n) is 2.78. The molecule has 4 nitrogen and oxygen atoms in total. The van der Waals surface area contributed by atoms with Crippen molar-refractivity contribution in [2.24, 2.45) is 0 Å². The summed E-state index contributed by atoms with van der Waals surface area (Å²) in [6.07, 6.45) is 0.0903. The molecule has 0 unspecified atom stereocenters. The van der Waals surface area contributed by atoms with Crippen molar-refractivity contribution in [2.75, 3.05) is 5.32 Å². The molecule has 0 aliphatic heterocycles. The van der Waals surface area contributed by atoms with Crippen molar-refractivity contribution in [1.29, 1.82) is 0 Å². The number of aryl methyl sites for hydroxylation is 1. The van der Waals surface area contributed by atoms with Gasteiger partial charge in [-0.3, -0.25) is 0 Å². The molecule has 0 atom stereocenters. The van der Waals surface area contributed by atoms with Gasteiger partial charge in [-0.25, -0.2) is 4.98 Å². The van der Waals surface area contributed by atoms with Gasteiger partial charge in [-0.05, 0) is 31.9 Å². The van der Waals surface area contributed by atoms with Crippen molar-refractivity contribution >= 4 is 17.5 Å². The van der Waals surface area contributed by atoms with Gasteiger partial charge < -0.3 is 10.1 Å². The van der Waals surface area contributed by atoms with E-state index < -0.39 is 0 Å². The molecule has 0 bridgehead atoms. The van der Waals surface area contributed by atoms with Crippen LogP contribution < -0.4 is 10.1 Å². The second-order valence-corrected chi connectivity index (χ2v) is 5.41. The minimum Gasteiger partial charge on any atom is -0.475 e. The molecule has 5 heteroatoms. The van der Waals surface area contributed by atoms with Crippen LogP contribution in [-0.2, 0) is 12.4 Å². The van der Waals surface area contributed by atoms with E-state index in [1.54, 1.807) is 0 Å². The number of aromatic nitrogens is 2. The van der Waals surface area contributed by atoms with Crippen LogP contribution in [0.25, 0.3) is 0 Å². The Morgan fingerprint density at radius 2 is 1.95 bits per heavy atom. The second kappa shape index (κ2) is 7.27. The SMILES string of the molecule is Cc1cc(OC(C)C)nc(NCc2cccc(CCl)c2)n1. The van der Waals surface area contributed by atoms with Gasteiger partial charge in [0.25, 0.3) is 0 Å². The molecular formula is C16H20ClN3O. The summed E-state index contributed by atoms with van der Waals surface area (Å²) >= 11 is 5.84. The molecule has 0 spiro atoms. The van der Waals surface area contributed by atoms with Gasteiger partial charge in [0.1, 0.15) is 0 Å². The zero-order chi connectivity index (χ0) is 15.2. The van der Waals surface area contributed by atoms with Gasteiger partial charge in [-0.2, -0.15) is 4.98 Å². The van der Waals surface area contributed by atoms with Gasteiger partial charge in [0.2, 0.25) is 11.8 Å². The Hall–Kier alpha value is -1.81. The molecule has 1 aromatic heterocycles. The van der Waals surface area contributed by atoms with Crippen molar-refractivity contribution in [2.45, 2.75) is 39.3 Å². The third-order valence-corrected chi connectivity index (χ3v) is 3.09. The molecule has 1 N–H and O–H groups in total. The molecule has 1 aromatic carbocycles. The highest BCUT2D eigenvalue weighted by Gasteiger charge is 2.05. The molecule has 1 heterocycles. The van der Waals surface area contributed by atoms with Crippen molar-refractivity contribution < 1.29 is 4.74 Å². The summed E-state index contributed by atoms with van der Waals surface area (Å²) in [5.74, 6) is 1.68. The summed E-state index contributed by atoms with van der Waals surface area (Å²) in [5, 5.41) is 3.22. The monoisotopic (exact) mass is 305 g/mol. The first-order valence-electron chi connectivity index (χ1n) is 6.97. The molecule has 0 fully saturated rings. The highest BCUT2D eigenvalue weighted by atomic mass is 35.5. The molecule has 0 saturated heterocycles. The summed E-state index contributed by atoms with van der Waals surface area (Å²) in [6.45, 7) is 6.52. The van der Waals surface area contributed by atoms with Crippen LogP contribution >= 0.6 is 11.6 Å². The van der Waals surface area contributed by atoms with Crippen LogP contribution in [0.5, 0.6) is 5.88 Å². The van der Waals surface area contributed by atoms with Crippen molar-refractivity contribution in [3.63, 3.8) is 0 Å². The van der Waals surface area contributed by atoms with Crippen LogP contribution in [0.1, 0.15) is 30.7 Å². The lowest BCUT2D eigenvalue weighted by molar-refractivity contribution is 0.232. The fraction of sp³-hybridized carbons (Fsp3) is 0.375. The molecule has 0 amide bonds. The van der Waals surface area contributed by atoms with E-state index in [4.69, 9.17) is 16.3 Å². The quantitative estimate of drug-likeness (QED) is 0.822. The van der Waals surface area contributed by atoms with E-state index >= 15 is 0 Å². The van der Waals surface area contributed by atoms with E-state index in [-0.39, 0.29) is 6.10 Å². The molecular weight excluding hydrogens is 286 g/mol. The number of alkyl halides is 1. The van der Waals surface area contributed by atoms with Crippen LogP contribution in [0.3, 0.4) is 0 Å². The van der Waals surface area contributed by atoms with E-state index in [1.165, 1.54) is 0 Å². The molecule has 2 aromatic rings. The van der Waals surface area contributed by atoms with Gasteiger partial charge in [0, 0.05) is 24.2 Å². The van der Waals surface area contributed by atoms with Crippen molar-refractivity contribution in [1.82, 2.24) is 9.97 Å². The molecule has 0 aliphatic carbocycles. The number of rotatable bonds is 6. The standard InChI is InChI=1S/C16H20ClN3O/c1-11(2)21-15-7-12(3)19-16(20-15)18-10-14-6-4-5-13(8-14)9-17/h4-8,11H,9-10H2,1-3H3,(H,18,19,20). The van der Waals surface area contributed by atoms with Crippen molar-refractivity contribution in [3.05, 3.63) is 47.2 Å². The maximum absolute atomic E-state index is 5.84. The smallest absolute Gasteiger partial charge is 0.226 e. The Labute approximate surface area is 130 Å². The average molecular weight is 306 g/mol. The fourth-order valence-electron chi connectivity index (χ4n) is 1.92. The number of anilines is 1. The first kappa shape index (κ1) is 15.6. The van der Waals surface area contributed by atoms with Crippen LogP contribution in [-0.4, -0.2) is 16.1 Å². The molecule has 21 heavy (non-hydrogen) atoms. The molecule has 0 radical (unpaired) electrons. The summed E-state index contributed by atoms with van der Waals surface area (Å²) in [6, 6.07) is 9.96. The minimum atomic E-state index is 0.0903. The lowest BCUT2D eigenvalue weighted by atomic mass is 10.1. The van der Waals surface area contributed by atoms with Gasteiger partial charge in [-0.15, -0.1) is 11.6 Å². The average Bonchev–Trinajstić information content (AvgIpc) is 2.44. The van der Waals surface area contributed by atoms with E-state index in [1.807, 2.05) is 45.0 Å². The Balaban J connectivity index is 2.06. The van der Waals surface area contributed by atoms with Crippen LogP contribution in [0, 0.1) is 6.92 Å². The Morgan fingerprint density at radius 3 is 2.67 bits per heavy atom. The zero-order valence-corrected chi connectivity index (χ0v) is 13.3. The van der Waals surface area contributed by atoms with Crippen LogP contribution in [0.2, 0.25) is 0 Å². The highest BCUT2D eigenvalue weighted by Crippen LogP contribution is 2.15. The Kier molecular flexibility index (Phi) is 5.39. The summed E-state index contributed by atoms with van der Waals surface area (Å²) in [7, 11) is 0. The number of halogens is 1. The predicted octanol–water partition coefficient (Wildman–Crippen LogP) is 3.92. The number of hydrogen-bond acceptors (Lipinski definition) is 4.